The third-order valence-corrected chi connectivity index (χ3v) is 1.90. The van der Waals surface area contributed by atoms with Crippen molar-refractivity contribution in [1.82, 2.24) is 9.61 Å². The van der Waals surface area contributed by atoms with Gasteiger partial charge in [-0.05, 0) is 12.1 Å². The fourth-order valence-corrected chi connectivity index (χ4v) is 1.29. The molecule has 0 spiro atoms. The van der Waals surface area contributed by atoms with Crippen molar-refractivity contribution in [1.29, 1.82) is 0 Å². The monoisotopic (exact) mass is 193 g/mol. The normalized spacial score (nSPS) is 10.4. The lowest BCUT2D eigenvalue weighted by molar-refractivity contribution is -0.383. The summed E-state index contributed by atoms with van der Waals surface area (Å²) >= 11 is 0. The number of ether oxygens (including phenoxy) is 1. The summed E-state index contributed by atoms with van der Waals surface area (Å²) in [5.41, 5.74) is 0.322. The van der Waals surface area contributed by atoms with Crippen LogP contribution in [0.3, 0.4) is 0 Å². The van der Waals surface area contributed by atoms with E-state index < -0.39 is 4.92 Å². The van der Waals surface area contributed by atoms with Crippen molar-refractivity contribution in [3.05, 3.63) is 34.6 Å². The van der Waals surface area contributed by atoms with Crippen molar-refractivity contribution in [2.45, 2.75) is 0 Å². The number of hydrogen-bond acceptors (Lipinski definition) is 4. The zero-order chi connectivity index (χ0) is 10.1. The Morgan fingerprint density at radius 2 is 2.43 bits per heavy atom. The molecule has 0 N–H and O–H groups in total. The molecular formula is C8H7N3O3. The maximum atomic E-state index is 10.6. The average Bonchev–Trinajstić information content (AvgIpc) is 2.60. The highest BCUT2D eigenvalue weighted by Crippen LogP contribution is 2.27. The molecule has 2 rings (SSSR count). The molecule has 2 aromatic rings. The molecule has 0 amide bonds. The summed E-state index contributed by atoms with van der Waals surface area (Å²) in [6.45, 7) is 0. The summed E-state index contributed by atoms with van der Waals surface area (Å²) in [6, 6.07) is 3.37. The van der Waals surface area contributed by atoms with Gasteiger partial charge in [-0.1, -0.05) is 0 Å². The van der Waals surface area contributed by atoms with Crippen LogP contribution in [0.15, 0.2) is 24.5 Å². The van der Waals surface area contributed by atoms with Crippen LogP contribution in [-0.2, 0) is 0 Å². The minimum Gasteiger partial charge on any atom is -0.494 e. The zero-order valence-corrected chi connectivity index (χ0v) is 7.38. The largest absolute Gasteiger partial charge is 0.494 e. The molecule has 0 atom stereocenters. The molecule has 6 nitrogen and oxygen atoms in total. The molecule has 0 aliphatic rings. The second-order valence-corrected chi connectivity index (χ2v) is 2.66. The first kappa shape index (κ1) is 8.49. The maximum Gasteiger partial charge on any atom is 0.318 e. The van der Waals surface area contributed by atoms with Gasteiger partial charge in [0.2, 0.25) is 0 Å². The molecule has 0 radical (unpaired) electrons. The lowest BCUT2D eigenvalue weighted by Gasteiger charge is -2.00. The molecule has 0 fully saturated rings. The number of pyridine rings is 1. The summed E-state index contributed by atoms with van der Waals surface area (Å²) < 4.78 is 6.42. The Morgan fingerprint density at radius 3 is 3.07 bits per heavy atom. The van der Waals surface area contributed by atoms with E-state index in [2.05, 4.69) is 5.10 Å². The maximum absolute atomic E-state index is 10.6. The molecule has 2 heterocycles. The Bertz CT molecular complexity index is 492. The van der Waals surface area contributed by atoms with Crippen molar-refractivity contribution in [3.63, 3.8) is 0 Å². The van der Waals surface area contributed by atoms with Crippen molar-refractivity contribution in [2.75, 3.05) is 7.11 Å². The van der Waals surface area contributed by atoms with Crippen LogP contribution in [0.2, 0.25) is 0 Å². The third-order valence-electron chi connectivity index (χ3n) is 1.90. The molecule has 0 bridgehead atoms. The molecule has 0 aromatic carbocycles. The van der Waals surface area contributed by atoms with Crippen LogP contribution in [-0.4, -0.2) is 21.6 Å². The van der Waals surface area contributed by atoms with E-state index in [1.807, 2.05) is 0 Å². The SMILES string of the molecule is COc1cccn2ncc([N+](=O)[O-])c12. The van der Waals surface area contributed by atoms with E-state index >= 15 is 0 Å². The first-order chi connectivity index (χ1) is 6.74. The summed E-state index contributed by atoms with van der Waals surface area (Å²) in [5, 5.41) is 14.5. The van der Waals surface area contributed by atoms with Gasteiger partial charge in [0.05, 0.1) is 12.0 Å². The van der Waals surface area contributed by atoms with E-state index in [0.717, 1.165) is 0 Å². The highest BCUT2D eigenvalue weighted by molar-refractivity contribution is 5.72. The lowest BCUT2D eigenvalue weighted by Crippen LogP contribution is -1.92. The second-order valence-electron chi connectivity index (χ2n) is 2.66. The number of fused-ring (bicyclic) bond motifs is 1. The van der Waals surface area contributed by atoms with E-state index in [-0.39, 0.29) is 5.69 Å². The van der Waals surface area contributed by atoms with Gasteiger partial charge in [-0.3, -0.25) is 10.1 Å². The Morgan fingerprint density at radius 1 is 1.64 bits per heavy atom. The van der Waals surface area contributed by atoms with Gasteiger partial charge in [0.15, 0.2) is 11.3 Å². The molecule has 2 aromatic heterocycles. The van der Waals surface area contributed by atoms with Crippen LogP contribution in [0.5, 0.6) is 5.75 Å². The van der Waals surface area contributed by atoms with Gasteiger partial charge in [-0.25, -0.2) is 4.52 Å². The van der Waals surface area contributed by atoms with Gasteiger partial charge >= 0.3 is 5.69 Å². The molecule has 0 saturated carbocycles. The van der Waals surface area contributed by atoms with Gasteiger partial charge in [-0.2, -0.15) is 5.10 Å². The summed E-state index contributed by atoms with van der Waals surface area (Å²) in [7, 11) is 1.46. The summed E-state index contributed by atoms with van der Waals surface area (Å²) in [6.07, 6.45) is 2.84. The second kappa shape index (κ2) is 2.99. The Kier molecular flexibility index (Phi) is 1.81. The number of methoxy groups -OCH3 is 1. The van der Waals surface area contributed by atoms with Gasteiger partial charge in [0, 0.05) is 6.20 Å². The molecule has 6 heteroatoms. The highest BCUT2D eigenvalue weighted by atomic mass is 16.6. The van der Waals surface area contributed by atoms with Crippen LogP contribution in [0.4, 0.5) is 5.69 Å². The van der Waals surface area contributed by atoms with Crippen LogP contribution in [0.25, 0.3) is 5.52 Å². The molecule has 0 unspecified atom stereocenters. The van der Waals surface area contributed by atoms with E-state index in [4.69, 9.17) is 4.74 Å². The number of rotatable bonds is 2. The van der Waals surface area contributed by atoms with E-state index in [9.17, 15) is 10.1 Å². The lowest BCUT2D eigenvalue weighted by atomic mass is 10.3. The number of hydrogen-bond donors (Lipinski definition) is 0. The Balaban J connectivity index is 2.81. The zero-order valence-electron chi connectivity index (χ0n) is 7.38. The predicted molar refractivity (Wildman–Crippen MR) is 48.4 cm³/mol. The van der Waals surface area contributed by atoms with Gasteiger partial charge < -0.3 is 4.74 Å². The Labute approximate surface area is 78.9 Å². The standard InChI is InChI=1S/C8H7N3O3/c1-14-7-3-2-4-10-8(7)6(5-9-10)11(12)13/h2-5H,1H3. The quantitative estimate of drug-likeness (QED) is 0.531. The predicted octanol–water partition coefficient (Wildman–Crippen LogP) is 1.25. The smallest absolute Gasteiger partial charge is 0.318 e. The minimum absolute atomic E-state index is 0.0533. The minimum atomic E-state index is -0.481. The first-order valence-corrected chi connectivity index (χ1v) is 3.89. The van der Waals surface area contributed by atoms with Crippen LogP contribution in [0, 0.1) is 10.1 Å². The fourth-order valence-electron chi connectivity index (χ4n) is 1.29. The average molecular weight is 193 g/mol. The number of aromatic nitrogens is 2. The van der Waals surface area contributed by atoms with Crippen molar-refractivity contribution >= 4 is 11.2 Å². The molecule has 0 aliphatic heterocycles. The van der Waals surface area contributed by atoms with Gasteiger partial charge in [0.25, 0.3) is 0 Å². The first-order valence-electron chi connectivity index (χ1n) is 3.89. The van der Waals surface area contributed by atoms with E-state index in [0.29, 0.717) is 11.3 Å². The molecule has 14 heavy (non-hydrogen) atoms. The fraction of sp³-hybridized carbons (Fsp3) is 0.125. The molecular weight excluding hydrogens is 186 g/mol. The van der Waals surface area contributed by atoms with Crippen molar-refractivity contribution < 1.29 is 9.66 Å². The van der Waals surface area contributed by atoms with Crippen molar-refractivity contribution in [2.24, 2.45) is 0 Å². The van der Waals surface area contributed by atoms with Crippen LogP contribution < -0.4 is 4.74 Å². The third kappa shape index (κ3) is 1.08. The van der Waals surface area contributed by atoms with Crippen molar-refractivity contribution in [3.8, 4) is 5.75 Å². The molecule has 0 saturated heterocycles. The van der Waals surface area contributed by atoms with Crippen LogP contribution in [0.1, 0.15) is 0 Å². The van der Waals surface area contributed by atoms with E-state index in [1.54, 1.807) is 18.3 Å². The van der Waals surface area contributed by atoms with Crippen LogP contribution >= 0.6 is 0 Å². The van der Waals surface area contributed by atoms with Gasteiger partial charge in [0.1, 0.15) is 6.20 Å². The van der Waals surface area contributed by atoms with Gasteiger partial charge in [-0.15, -0.1) is 0 Å². The molecule has 0 aliphatic carbocycles. The molecule has 72 valence electrons. The number of nitro groups is 1. The Hall–Kier alpha value is -2.11. The van der Waals surface area contributed by atoms with E-state index in [1.165, 1.54) is 17.8 Å². The topological polar surface area (TPSA) is 69.7 Å². The summed E-state index contributed by atoms with van der Waals surface area (Å²) in [5.74, 6) is 0.441. The highest BCUT2D eigenvalue weighted by Gasteiger charge is 2.18. The summed E-state index contributed by atoms with van der Waals surface area (Å²) in [4.78, 5) is 10.2. The number of nitrogens with zero attached hydrogens (tertiary/aromatic N) is 3.